The number of rotatable bonds is 0. The standard InChI is InChI=1S/C10H12N2S/c1-7-6-11-10(13)12-9-5-3-2-4-8(7)9/h2-5,7H,6H2,1H3,(H2,11,12,13)/t7-/m1/s1. The van der Waals surface area contributed by atoms with E-state index >= 15 is 0 Å². The molecule has 0 unspecified atom stereocenters. The first-order chi connectivity index (χ1) is 6.27. The first-order valence-electron chi connectivity index (χ1n) is 4.41. The third kappa shape index (κ3) is 1.65. The van der Waals surface area contributed by atoms with Crippen molar-refractivity contribution in [3.05, 3.63) is 29.8 Å². The molecule has 0 amide bonds. The Bertz CT molecular complexity index is 335. The Morgan fingerprint density at radius 3 is 3.00 bits per heavy atom. The van der Waals surface area contributed by atoms with Gasteiger partial charge in [-0.3, -0.25) is 0 Å². The highest BCUT2D eigenvalue weighted by molar-refractivity contribution is 7.80. The smallest absolute Gasteiger partial charge is 0.170 e. The van der Waals surface area contributed by atoms with Crippen LogP contribution in [-0.4, -0.2) is 11.7 Å². The average Bonchev–Trinajstić information content (AvgIpc) is 2.27. The lowest BCUT2D eigenvalue weighted by atomic mass is 10.00. The van der Waals surface area contributed by atoms with E-state index in [2.05, 4.69) is 35.8 Å². The number of fused-ring (bicyclic) bond motifs is 1. The van der Waals surface area contributed by atoms with Crippen molar-refractivity contribution >= 4 is 23.0 Å². The van der Waals surface area contributed by atoms with Crippen molar-refractivity contribution in [1.82, 2.24) is 5.32 Å². The Morgan fingerprint density at radius 2 is 2.15 bits per heavy atom. The van der Waals surface area contributed by atoms with E-state index in [0.29, 0.717) is 5.92 Å². The zero-order valence-electron chi connectivity index (χ0n) is 7.50. The van der Waals surface area contributed by atoms with Crippen LogP contribution in [0.5, 0.6) is 0 Å². The van der Waals surface area contributed by atoms with Gasteiger partial charge in [0.2, 0.25) is 0 Å². The Morgan fingerprint density at radius 1 is 1.38 bits per heavy atom. The van der Waals surface area contributed by atoms with Crippen LogP contribution in [0.3, 0.4) is 0 Å². The van der Waals surface area contributed by atoms with Gasteiger partial charge in [0.25, 0.3) is 0 Å². The van der Waals surface area contributed by atoms with Crippen LogP contribution in [0, 0.1) is 0 Å². The Labute approximate surface area is 83.3 Å². The van der Waals surface area contributed by atoms with Crippen molar-refractivity contribution in [1.29, 1.82) is 0 Å². The fraction of sp³-hybridized carbons (Fsp3) is 0.300. The number of hydrogen-bond donors (Lipinski definition) is 2. The molecule has 1 aliphatic rings. The molecule has 1 atom stereocenters. The SMILES string of the molecule is C[C@@H]1CNC(=S)Nc2ccccc21. The van der Waals surface area contributed by atoms with Gasteiger partial charge in [-0.25, -0.2) is 0 Å². The molecule has 1 aromatic carbocycles. The highest BCUT2D eigenvalue weighted by atomic mass is 32.1. The monoisotopic (exact) mass is 192 g/mol. The molecule has 2 N–H and O–H groups in total. The topological polar surface area (TPSA) is 24.1 Å². The molecule has 13 heavy (non-hydrogen) atoms. The van der Waals surface area contributed by atoms with Crippen LogP contribution >= 0.6 is 12.2 Å². The maximum atomic E-state index is 5.10. The summed E-state index contributed by atoms with van der Waals surface area (Å²) in [7, 11) is 0. The lowest BCUT2D eigenvalue weighted by Gasteiger charge is -2.10. The molecule has 1 aliphatic heterocycles. The van der Waals surface area contributed by atoms with Crippen LogP contribution in [-0.2, 0) is 0 Å². The van der Waals surface area contributed by atoms with Gasteiger partial charge in [-0.15, -0.1) is 0 Å². The molecule has 0 saturated heterocycles. The molecular weight excluding hydrogens is 180 g/mol. The number of thiocarbonyl (C=S) groups is 1. The van der Waals surface area contributed by atoms with Crippen LogP contribution in [0.15, 0.2) is 24.3 Å². The van der Waals surface area contributed by atoms with E-state index in [0.717, 1.165) is 17.3 Å². The Balaban J connectivity index is 2.43. The molecule has 2 nitrogen and oxygen atoms in total. The molecule has 0 fully saturated rings. The predicted molar refractivity (Wildman–Crippen MR) is 59.1 cm³/mol. The fourth-order valence-corrected chi connectivity index (χ4v) is 1.76. The van der Waals surface area contributed by atoms with Gasteiger partial charge in [-0.2, -0.15) is 0 Å². The lowest BCUT2D eigenvalue weighted by Crippen LogP contribution is -2.28. The molecule has 1 aromatic rings. The zero-order valence-corrected chi connectivity index (χ0v) is 8.32. The van der Waals surface area contributed by atoms with Crippen molar-refractivity contribution in [2.75, 3.05) is 11.9 Å². The molecule has 0 spiro atoms. The minimum Gasteiger partial charge on any atom is -0.362 e. The normalized spacial score (nSPS) is 21.0. The summed E-state index contributed by atoms with van der Waals surface area (Å²) in [6.45, 7) is 3.10. The number of para-hydroxylation sites is 1. The largest absolute Gasteiger partial charge is 0.362 e. The number of hydrogen-bond acceptors (Lipinski definition) is 1. The highest BCUT2D eigenvalue weighted by Crippen LogP contribution is 2.25. The van der Waals surface area contributed by atoms with E-state index in [1.54, 1.807) is 0 Å². The van der Waals surface area contributed by atoms with Gasteiger partial charge in [0.15, 0.2) is 5.11 Å². The van der Waals surface area contributed by atoms with Crippen molar-refractivity contribution in [3.8, 4) is 0 Å². The van der Waals surface area contributed by atoms with E-state index in [1.165, 1.54) is 5.56 Å². The van der Waals surface area contributed by atoms with Crippen LogP contribution < -0.4 is 10.6 Å². The predicted octanol–water partition coefficient (Wildman–Crippen LogP) is 2.09. The molecule has 0 aliphatic carbocycles. The second-order valence-corrected chi connectivity index (χ2v) is 3.73. The fourth-order valence-electron chi connectivity index (χ4n) is 1.56. The van der Waals surface area contributed by atoms with E-state index in [-0.39, 0.29) is 0 Å². The summed E-state index contributed by atoms with van der Waals surface area (Å²) < 4.78 is 0. The third-order valence-corrected chi connectivity index (χ3v) is 2.56. The molecular formula is C10H12N2S. The average molecular weight is 192 g/mol. The number of nitrogens with one attached hydrogen (secondary N) is 2. The maximum absolute atomic E-state index is 5.10. The summed E-state index contributed by atoms with van der Waals surface area (Å²) in [6, 6.07) is 8.28. The van der Waals surface area contributed by atoms with E-state index in [4.69, 9.17) is 12.2 Å². The van der Waals surface area contributed by atoms with Crippen LogP contribution in [0.4, 0.5) is 5.69 Å². The molecule has 0 aromatic heterocycles. The summed E-state index contributed by atoms with van der Waals surface area (Å²) in [5.74, 6) is 0.504. The van der Waals surface area contributed by atoms with Crippen LogP contribution in [0.2, 0.25) is 0 Å². The van der Waals surface area contributed by atoms with E-state index in [9.17, 15) is 0 Å². The second kappa shape index (κ2) is 3.34. The molecule has 3 heteroatoms. The lowest BCUT2D eigenvalue weighted by molar-refractivity contribution is 0.734. The highest BCUT2D eigenvalue weighted by Gasteiger charge is 2.14. The Kier molecular flexibility index (Phi) is 2.19. The molecule has 0 bridgehead atoms. The summed E-state index contributed by atoms with van der Waals surface area (Å²) >= 11 is 5.10. The van der Waals surface area contributed by atoms with E-state index in [1.807, 2.05) is 6.07 Å². The van der Waals surface area contributed by atoms with Gasteiger partial charge in [0.1, 0.15) is 0 Å². The van der Waals surface area contributed by atoms with Gasteiger partial charge in [0.05, 0.1) is 0 Å². The Hall–Kier alpha value is -1.09. The number of benzene rings is 1. The molecule has 0 radical (unpaired) electrons. The first-order valence-corrected chi connectivity index (χ1v) is 4.82. The summed E-state index contributed by atoms with van der Waals surface area (Å²) in [5.41, 5.74) is 2.46. The third-order valence-electron chi connectivity index (χ3n) is 2.31. The van der Waals surface area contributed by atoms with Crippen molar-refractivity contribution in [2.45, 2.75) is 12.8 Å². The summed E-state index contributed by atoms with van der Waals surface area (Å²) in [5, 5.41) is 7.05. The van der Waals surface area contributed by atoms with Crippen molar-refractivity contribution in [3.63, 3.8) is 0 Å². The number of anilines is 1. The molecule has 2 rings (SSSR count). The van der Waals surface area contributed by atoms with Gasteiger partial charge < -0.3 is 10.6 Å². The van der Waals surface area contributed by atoms with Crippen LogP contribution in [0.1, 0.15) is 18.4 Å². The molecule has 1 heterocycles. The molecule has 0 saturated carbocycles. The summed E-state index contributed by atoms with van der Waals surface area (Å²) in [4.78, 5) is 0. The minimum absolute atomic E-state index is 0.504. The maximum Gasteiger partial charge on any atom is 0.170 e. The van der Waals surface area contributed by atoms with Gasteiger partial charge in [-0.05, 0) is 23.8 Å². The van der Waals surface area contributed by atoms with Gasteiger partial charge >= 0.3 is 0 Å². The minimum atomic E-state index is 0.504. The van der Waals surface area contributed by atoms with Crippen molar-refractivity contribution in [2.24, 2.45) is 0 Å². The first kappa shape index (κ1) is 8.51. The van der Waals surface area contributed by atoms with Crippen LogP contribution in [0.25, 0.3) is 0 Å². The molecule has 68 valence electrons. The van der Waals surface area contributed by atoms with Crippen molar-refractivity contribution < 1.29 is 0 Å². The quantitative estimate of drug-likeness (QED) is 0.615. The van der Waals surface area contributed by atoms with Gasteiger partial charge in [0, 0.05) is 18.2 Å². The summed E-state index contributed by atoms with van der Waals surface area (Å²) in [6.07, 6.45) is 0. The second-order valence-electron chi connectivity index (χ2n) is 3.32. The zero-order chi connectivity index (χ0) is 9.26. The van der Waals surface area contributed by atoms with E-state index < -0.39 is 0 Å². The van der Waals surface area contributed by atoms with Gasteiger partial charge in [-0.1, -0.05) is 25.1 Å².